The van der Waals surface area contributed by atoms with Gasteiger partial charge in [0, 0.05) is 32.7 Å². The van der Waals surface area contributed by atoms with Crippen molar-refractivity contribution in [2.45, 2.75) is 11.4 Å². The Morgan fingerprint density at radius 3 is 2.15 bits per heavy atom. The molecule has 2 aromatic carbocycles. The molecule has 0 atom stereocenters. The lowest BCUT2D eigenvalue weighted by atomic mass is 10.1. The largest absolute Gasteiger partial charge is 0.497 e. The molecule has 0 radical (unpaired) electrons. The molecular weight excluding hydrogens is 364 g/mol. The number of ether oxygens (including phenoxy) is 1. The summed E-state index contributed by atoms with van der Waals surface area (Å²) in [4.78, 5) is 13.7. The van der Waals surface area contributed by atoms with Crippen LogP contribution in [0.4, 0.5) is 0 Å². The minimum Gasteiger partial charge on any atom is -0.497 e. The fourth-order valence-electron chi connectivity index (χ4n) is 2.50. The Kier molecular flexibility index (Phi) is 6.76. The first-order chi connectivity index (χ1) is 12.8. The molecule has 0 aromatic heterocycles. The van der Waals surface area contributed by atoms with Gasteiger partial charge in [-0.1, -0.05) is 18.2 Å². The zero-order valence-corrected chi connectivity index (χ0v) is 16.6. The highest BCUT2D eigenvalue weighted by Gasteiger charge is 2.24. The number of rotatable bonds is 8. The first-order valence-electron chi connectivity index (χ1n) is 8.35. The first-order valence-corrected chi connectivity index (χ1v) is 9.79. The monoisotopic (exact) mass is 388 g/mol. The van der Waals surface area contributed by atoms with Crippen LogP contribution in [0.5, 0.6) is 5.75 Å². The highest BCUT2D eigenvalue weighted by molar-refractivity contribution is 7.89. The van der Waals surface area contributed by atoms with Gasteiger partial charge in [-0.15, -0.1) is 6.58 Å². The van der Waals surface area contributed by atoms with Crippen LogP contribution in [0.3, 0.4) is 0 Å². The summed E-state index contributed by atoms with van der Waals surface area (Å²) in [6.07, 6.45) is 1.55. The van der Waals surface area contributed by atoms with Crippen LogP contribution in [0.15, 0.2) is 66.1 Å². The normalized spacial score (nSPS) is 11.3. The Morgan fingerprint density at radius 1 is 1.07 bits per heavy atom. The molecule has 2 aromatic rings. The molecule has 0 aliphatic carbocycles. The number of carbonyl (C=O) groups is 1. The van der Waals surface area contributed by atoms with E-state index >= 15 is 0 Å². The van der Waals surface area contributed by atoms with E-state index in [-0.39, 0.29) is 23.9 Å². The van der Waals surface area contributed by atoms with E-state index in [2.05, 4.69) is 6.58 Å². The van der Waals surface area contributed by atoms with Crippen molar-refractivity contribution >= 4 is 15.9 Å². The molecule has 0 saturated carbocycles. The second kappa shape index (κ2) is 8.83. The van der Waals surface area contributed by atoms with E-state index in [1.807, 2.05) is 0 Å². The SMILES string of the molecule is C=CCN(Cc1ccc(C(=O)N(C)C)cc1)S(=O)(=O)c1ccc(OC)cc1. The van der Waals surface area contributed by atoms with Crippen LogP contribution in [0.1, 0.15) is 15.9 Å². The fourth-order valence-corrected chi connectivity index (χ4v) is 3.90. The van der Waals surface area contributed by atoms with Crippen molar-refractivity contribution < 1.29 is 17.9 Å². The smallest absolute Gasteiger partial charge is 0.253 e. The first kappa shape index (κ1) is 20.7. The van der Waals surface area contributed by atoms with E-state index in [4.69, 9.17) is 4.74 Å². The Morgan fingerprint density at radius 2 is 1.67 bits per heavy atom. The molecule has 27 heavy (non-hydrogen) atoms. The third kappa shape index (κ3) is 4.96. The maximum atomic E-state index is 13.0. The number of benzene rings is 2. The van der Waals surface area contributed by atoms with Gasteiger partial charge in [-0.3, -0.25) is 4.79 Å². The Bertz CT molecular complexity index is 889. The number of amides is 1. The topological polar surface area (TPSA) is 66.9 Å². The predicted molar refractivity (Wildman–Crippen MR) is 105 cm³/mol. The van der Waals surface area contributed by atoms with Gasteiger partial charge in [-0.25, -0.2) is 8.42 Å². The quantitative estimate of drug-likeness (QED) is 0.652. The van der Waals surface area contributed by atoms with Gasteiger partial charge in [-0.2, -0.15) is 4.31 Å². The predicted octanol–water partition coefficient (Wildman–Crippen LogP) is 2.77. The number of hydrogen-bond acceptors (Lipinski definition) is 4. The number of carbonyl (C=O) groups excluding carboxylic acids is 1. The summed E-state index contributed by atoms with van der Waals surface area (Å²) in [7, 11) is 1.20. The molecule has 0 heterocycles. The molecule has 144 valence electrons. The van der Waals surface area contributed by atoms with Crippen LogP contribution >= 0.6 is 0 Å². The maximum absolute atomic E-state index is 13.0. The summed E-state index contributed by atoms with van der Waals surface area (Å²) < 4.78 is 32.3. The molecule has 1 amide bonds. The van der Waals surface area contributed by atoms with Crippen LogP contribution in [-0.2, 0) is 16.6 Å². The average Bonchev–Trinajstić information content (AvgIpc) is 2.67. The van der Waals surface area contributed by atoms with Crippen LogP contribution < -0.4 is 4.74 Å². The van der Waals surface area contributed by atoms with Gasteiger partial charge in [-0.05, 0) is 42.0 Å². The number of methoxy groups -OCH3 is 1. The van der Waals surface area contributed by atoms with E-state index in [1.54, 1.807) is 56.6 Å². The van der Waals surface area contributed by atoms with E-state index in [1.165, 1.54) is 28.4 Å². The summed E-state index contributed by atoms with van der Waals surface area (Å²) in [6, 6.07) is 13.2. The summed E-state index contributed by atoms with van der Waals surface area (Å²) in [5.41, 5.74) is 1.33. The average molecular weight is 388 g/mol. The van der Waals surface area contributed by atoms with Crippen molar-refractivity contribution in [1.29, 1.82) is 0 Å². The minimum atomic E-state index is -3.69. The van der Waals surface area contributed by atoms with Gasteiger partial charge in [0.2, 0.25) is 10.0 Å². The highest BCUT2D eigenvalue weighted by atomic mass is 32.2. The van der Waals surface area contributed by atoms with Crippen molar-refractivity contribution in [2.24, 2.45) is 0 Å². The minimum absolute atomic E-state index is 0.102. The van der Waals surface area contributed by atoms with Crippen LogP contribution in [0.2, 0.25) is 0 Å². The number of hydrogen-bond donors (Lipinski definition) is 0. The van der Waals surface area contributed by atoms with Gasteiger partial charge < -0.3 is 9.64 Å². The maximum Gasteiger partial charge on any atom is 0.253 e. The Balaban J connectivity index is 2.25. The zero-order chi connectivity index (χ0) is 20.0. The molecule has 0 aliphatic heterocycles. The van der Waals surface area contributed by atoms with Crippen LogP contribution in [0.25, 0.3) is 0 Å². The summed E-state index contributed by atoms with van der Waals surface area (Å²) in [5.74, 6) is 0.487. The second-order valence-electron chi connectivity index (χ2n) is 6.16. The third-order valence-electron chi connectivity index (χ3n) is 4.00. The van der Waals surface area contributed by atoms with Crippen molar-refractivity contribution in [1.82, 2.24) is 9.21 Å². The van der Waals surface area contributed by atoms with Gasteiger partial charge in [0.15, 0.2) is 0 Å². The molecule has 0 N–H and O–H groups in total. The molecule has 2 rings (SSSR count). The standard InChI is InChI=1S/C20H24N2O4S/c1-5-14-22(27(24,25)19-12-10-18(26-4)11-13-19)15-16-6-8-17(9-7-16)20(23)21(2)3/h5-13H,1,14-15H2,2-4H3. The van der Waals surface area contributed by atoms with Gasteiger partial charge in [0.25, 0.3) is 5.91 Å². The lowest BCUT2D eigenvalue weighted by Gasteiger charge is -2.21. The van der Waals surface area contributed by atoms with Crippen LogP contribution in [0, 0.1) is 0 Å². The van der Waals surface area contributed by atoms with E-state index in [9.17, 15) is 13.2 Å². The fraction of sp³-hybridized carbons (Fsp3) is 0.250. The highest BCUT2D eigenvalue weighted by Crippen LogP contribution is 2.21. The zero-order valence-electron chi connectivity index (χ0n) is 15.8. The number of sulfonamides is 1. The molecular formula is C20H24N2O4S. The Hall–Kier alpha value is -2.64. The van der Waals surface area contributed by atoms with Gasteiger partial charge >= 0.3 is 0 Å². The molecule has 6 nitrogen and oxygen atoms in total. The van der Waals surface area contributed by atoms with Crippen molar-refractivity contribution in [3.63, 3.8) is 0 Å². The van der Waals surface area contributed by atoms with Crippen molar-refractivity contribution in [2.75, 3.05) is 27.7 Å². The lowest BCUT2D eigenvalue weighted by molar-refractivity contribution is 0.0827. The molecule has 0 fully saturated rings. The van der Waals surface area contributed by atoms with E-state index in [0.29, 0.717) is 11.3 Å². The van der Waals surface area contributed by atoms with Gasteiger partial charge in [0.05, 0.1) is 12.0 Å². The lowest BCUT2D eigenvalue weighted by Crippen LogP contribution is -2.31. The molecule has 0 saturated heterocycles. The summed E-state index contributed by atoms with van der Waals surface area (Å²) in [5, 5.41) is 0. The van der Waals surface area contributed by atoms with E-state index < -0.39 is 10.0 Å². The molecule has 0 spiro atoms. The molecule has 0 aliphatic rings. The summed E-state index contributed by atoms with van der Waals surface area (Å²) in [6.45, 7) is 4.01. The van der Waals surface area contributed by atoms with Crippen molar-refractivity contribution in [3.8, 4) is 5.75 Å². The van der Waals surface area contributed by atoms with Gasteiger partial charge in [0.1, 0.15) is 5.75 Å². The Labute approximate surface area is 160 Å². The number of nitrogens with zero attached hydrogens (tertiary/aromatic N) is 2. The van der Waals surface area contributed by atoms with E-state index in [0.717, 1.165) is 5.56 Å². The molecule has 0 unspecified atom stereocenters. The molecule has 0 bridgehead atoms. The summed E-state index contributed by atoms with van der Waals surface area (Å²) >= 11 is 0. The molecule has 7 heteroatoms. The van der Waals surface area contributed by atoms with Crippen molar-refractivity contribution in [3.05, 3.63) is 72.3 Å². The van der Waals surface area contributed by atoms with Crippen LogP contribution in [-0.4, -0.2) is 51.3 Å². The second-order valence-corrected chi connectivity index (χ2v) is 8.10. The third-order valence-corrected chi connectivity index (χ3v) is 5.82.